The van der Waals surface area contributed by atoms with Crippen molar-refractivity contribution < 1.29 is 0 Å². The number of benzene rings is 1. The van der Waals surface area contributed by atoms with Crippen molar-refractivity contribution >= 4 is 12.4 Å². The third-order valence-electron chi connectivity index (χ3n) is 2.96. The Morgan fingerprint density at radius 2 is 2.00 bits per heavy atom. The zero-order valence-electron chi connectivity index (χ0n) is 8.81. The molecule has 15 heavy (non-hydrogen) atoms. The lowest BCUT2D eigenvalue weighted by atomic mass is 9.90. The number of hydrogen-bond donors (Lipinski definition) is 3. The summed E-state index contributed by atoms with van der Waals surface area (Å²) in [6, 6.07) is 10.8. The van der Waals surface area contributed by atoms with E-state index in [1.807, 2.05) is 18.2 Å². The van der Waals surface area contributed by atoms with Gasteiger partial charge in [-0.15, -0.1) is 12.4 Å². The van der Waals surface area contributed by atoms with Gasteiger partial charge < -0.3 is 5.73 Å². The molecule has 1 heterocycles. The zero-order chi connectivity index (χ0) is 9.97. The normalized spacial score (nSPS) is 27.1. The molecule has 1 aromatic carbocycles. The number of hydrazine groups is 1. The summed E-state index contributed by atoms with van der Waals surface area (Å²) in [6.07, 6.45) is 0. The lowest BCUT2D eigenvalue weighted by Gasteiger charge is -2.21. The van der Waals surface area contributed by atoms with Crippen LogP contribution in [0, 0.1) is 5.92 Å². The van der Waals surface area contributed by atoms with Gasteiger partial charge in [0.15, 0.2) is 0 Å². The molecular formula is C11H18ClN3. The van der Waals surface area contributed by atoms with Crippen LogP contribution in [0.5, 0.6) is 0 Å². The lowest BCUT2D eigenvalue weighted by Crippen LogP contribution is -2.32. The summed E-state index contributed by atoms with van der Waals surface area (Å²) in [6.45, 7) is 3.10. The van der Waals surface area contributed by atoms with E-state index in [9.17, 15) is 0 Å². The van der Waals surface area contributed by atoms with E-state index in [0.29, 0.717) is 12.0 Å². The van der Waals surface area contributed by atoms with E-state index in [1.165, 1.54) is 5.56 Å². The second-order valence-corrected chi connectivity index (χ2v) is 3.91. The van der Waals surface area contributed by atoms with Gasteiger partial charge in [-0.05, 0) is 12.5 Å². The number of hydrogen-bond acceptors (Lipinski definition) is 3. The monoisotopic (exact) mass is 227 g/mol. The van der Waals surface area contributed by atoms with E-state index in [2.05, 4.69) is 29.9 Å². The molecule has 0 spiro atoms. The Labute approximate surface area is 96.8 Å². The van der Waals surface area contributed by atoms with Crippen LogP contribution in [0.4, 0.5) is 0 Å². The molecule has 1 aliphatic rings. The summed E-state index contributed by atoms with van der Waals surface area (Å²) in [4.78, 5) is 0. The first-order valence-corrected chi connectivity index (χ1v) is 5.08. The molecule has 1 aliphatic heterocycles. The van der Waals surface area contributed by atoms with Crippen molar-refractivity contribution in [2.75, 3.05) is 6.54 Å². The average Bonchev–Trinajstić information content (AvgIpc) is 2.65. The topological polar surface area (TPSA) is 50.1 Å². The van der Waals surface area contributed by atoms with E-state index in [-0.39, 0.29) is 18.4 Å². The first-order chi connectivity index (χ1) is 6.79. The maximum atomic E-state index is 6.21. The Morgan fingerprint density at radius 1 is 1.33 bits per heavy atom. The SMILES string of the molecule is CC1NNCC1C(N)c1ccccc1.Cl. The van der Waals surface area contributed by atoms with E-state index < -0.39 is 0 Å². The first kappa shape index (κ1) is 12.5. The molecule has 1 fully saturated rings. The summed E-state index contributed by atoms with van der Waals surface area (Å²) >= 11 is 0. The number of rotatable bonds is 2. The predicted molar refractivity (Wildman–Crippen MR) is 64.7 cm³/mol. The van der Waals surface area contributed by atoms with Crippen molar-refractivity contribution in [1.29, 1.82) is 0 Å². The van der Waals surface area contributed by atoms with Gasteiger partial charge in [0.2, 0.25) is 0 Å². The maximum Gasteiger partial charge on any atom is 0.0351 e. The third kappa shape index (κ3) is 2.69. The van der Waals surface area contributed by atoms with Gasteiger partial charge in [-0.2, -0.15) is 0 Å². The highest BCUT2D eigenvalue weighted by molar-refractivity contribution is 5.85. The molecule has 0 saturated carbocycles. The van der Waals surface area contributed by atoms with Crippen LogP contribution >= 0.6 is 12.4 Å². The molecular weight excluding hydrogens is 210 g/mol. The molecule has 0 aromatic heterocycles. The molecule has 3 nitrogen and oxygen atoms in total. The Morgan fingerprint density at radius 3 is 2.53 bits per heavy atom. The molecule has 1 aromatic rings. The second-order valence-electron chi connectivity index (χ2n) is 3.91. The van der Waals surface area contributed by atoms with Crippen LogP contribution in [0.25, 0.3) is 0 Å². The molecule has 84 valence electrons. The molecule has 0 bridgehead atoms. The van der Waals surface area contributed by atoms with Crippen LogP contribution in [0.3, 0.4) is 0 Å². The van der Waals surface area contributed by atoms with E-state index in [0.717, 1.165) is 6.54 Å². The van der Waals surface area contributed by atoms with Crippen molar-refractivity contribution in [2.45, 2.75) is 19.0 Å². The van der Waals surface area contributed by atoms with Crippen molar-refractivity contribution in [3.05, 3.63) is 35.9 Å². The predicted octanol–water partition coefficient (Wildman–Crippen LogP) is 1.22. The van der Waals surface area contributed by atoms with E-state index in [1.54, 1.807) is 0 Å². The Bertz CT molecular complexity index is 291. The maximum absolute atomic E-state index is 6.21. The van der Waals surface area contributed by atoms with Crippen molar-refractivity contribution in [3.63, 3.8) is 0 Å². The molecule has 4 N–H and O–H groups in total. The fourth-order valence-corrected chi connectivity index (χ4v) is 1.98. The van der Waals surface area contributed by atoms with Gasteiger partial charge in [-0.1, -0.05) is 30.3 Å². The van der Waals surface area contributed by atoms with Gasteiger partial charge in [-0.3, -0.25) is 10.9 Å². The van der Waals surface area contributed by atoms with Gasteiger partial charge in [0, 0.05) is 24.5 Å². The molecule has 3 atom stereocenters. The molecule has 4 heteroatoms. The fraction of sp³-hybridized carbons (Fsp3) is 0.455. The number of halogens is 1. The summed E-state index contributed by atoms with van der Waals surface area (Å²) in [5, 5.41) is 0. The minimum Gasteiger partial charge on any atom is -0.324 e. The lowest BCUT2D eigenvalue weighted by molar-refractivity contribution is 0.414. The van der Waals surface area contributed by atoms with Crippen LogP contribution in [-0.2, 0) is 0 Å². The summed E-state index contributed by atoms with van der Waals surface area (Å²) in [5.74, 6) is 0.470. The summed E-state index contributed by atoms with van der Waals surface area (Å²) in [5.41, 5.74) is 13.8. The van der Waals surface area contributed by atoms with Crippen LogP contribution in [-0.4, -0.2) is 12.6 Å². The van der Waals surface area contributed by atoms with Crippen LogP contribution in [0.15, 0.2) is 30.3 Å². The van der Waals surface area contributed by atoms with Gasteiger partial charge in [0.25, 0.3) is 0 Å². The second kappa shape index (κ2) is 5.47. The van der Waals surface area contributed by atoms with E-state index in [4.69, 9.17) is 5.73 Å². The van der Waals surface area contributed by atoms with E-state index >= 15 is 0 Å². The highest BCUT2D eigenvalue weighted by Crippen LogP contribution is 2.23. The molecule has 0 amide bonds. The van der Waals surface area contributed by atoms with Gasteiger partial charge in [0.1, 0.15) is 0 Å². The van der Waals surface area contributed by atoms with Crippen LogP contribution < -0.4 is 16.6 Å². The molecule has 3 unspecified atom stereocenters. The zero-order valence-corrected chi connectivity index (χ0v) is 9.63. The van der Waals surface area contributed by atoms with Crippen molar-refractivity contribution in [1.82, 2.24) is 10.9 Å². The van der Waals surface area contributed by atoms with Gasteiger partial charge in [0.05, 0.1) is 0 Å². The summed E-state index contributed by atoms with van der Waals surface area (Å²) < 4.78 is 0. The standard InChI is InChI=1S/C11H17N3.ClH/c1-8-10(7-13-14-8)11(12)9-5-3-2-4-6-9;/h2-6,8,10-11,13-14H,7,12H2,1H3;1H. The molecule has 1 saturated heterocycles. The largest absolute Gasteiger partial charge is 0.324 e. The molecule has 2 rings (SSSR count). The quantitative estimate of drug-likeness (QED) is 0.712. The van der Waals surface area contributed by atoms with Gasteiger partial charge >= 0.3 is 0 Å². The third-order valence-corrected chi connectivity index (χ3v) is 2.96. The average molecular weight is 228 g/mol. The van der Waals surface area contributed by atoms with Crippen LogP contribution in [0.1, 0.15) is 18.5 Å². The minimum absolute atomic E-state index is 0. The smallest absolute Gasteiger partial charge is 0.0351 e. The highest BCUT2D eigenvalue weighted by Gasteiger charge is 2.28. The Kier molecular flexibility index (Phi) is 4.54. The minimum atomic E-state index is 0. The first-order valence-electron chi connectivity index (χ1n) is 5.08. The van der Waals surface area contributed by atoms with Crippen molar-refractivity contribution in [3.8, 4) is 0 Å². The Hall–Kier alpha value is -0.610. The number of nitrogens with two attached hydrogens (primary N) is 1. The summed E-state index contributed by atoms with van der Waals surface area (Å²) in [7, 11) is 0. The van der Waals surface area contributed by atoms with Gasteiger partial charge in [-0.25, -0.2) is 0 Å². The number of nitrogens with one attached hydrogen (secondary N) is 2. The Balaban J connectivity index is 0.00000112. The molecule has 0 radical (unpaired) electrons. The molecule has 0 aliphatic carbocycles. The van der Waals surface area contributed by atoms with Crippen molar-refractivity contribution in [2.24, 2.45) is 11.7 Å². The fourth-order valence-electron chi connectivity index (χ4n) is 1.98. The highest BCUT2D eigenvalue weighted by atomic mass is 35.5. The van der Waals surface area contributed by atoms with Crippen LogP contribution in [0.2, 0.25) is 0 Å².